The van der Waals surface area contributed by atoms with E-state index in [1.54, 1.807) is 12.1 Å². The first kappa shape index (κ1) is 28.2. The zero-order valence-electron chi connectivity index (χ0n) is 22.3. The van der Waals surface area contributed by atoms with Crippen LogP contribution in [0.4, 0.5) is 5.69 Å². The Labute approximate surface area is 243 Å². The maximum Gasteiger partial charge on any atom is 0.377 e. The van der Waals surface area contributed by atoms with E-state index < -0.39 is 10.1 Å². The number of oxazole rings is 1. The van der Waals surface area contributed by atoms with Crippen LogP contribution in [0.1, 0.15) is 38.1 Å². The second kappa shape index (κ2) is 11.3. The molecule has 3 aromatic carbocycles. The molecule has 0 amide bonds. The molecule has 40 heavy (non-hydrogen) atoms. The third kappa shape index (κ3) is 5.63. The zero-order valence-corrected chi connectivity index (χ0v) is 24.6. The van der Waals surface area contributed by atoms with Gasteiger partial charge in [0.25, 0.3) is 5.52 Å². The van der Waals surface area contributed by atoms with Crippen LogP contribution >= 0.6 is 23.2 Å². The van der Waals surface area contributed by atoms with E-state index in [4.69, 9.17) is 32.4 Å². The molecule has 2 aliphatic rings. The molecule has 0 radical (unpaired) electrons. The Morgan fingerprint density at radius 2 is 1.68 bits per heavy atom. The molecule has 10 heteroatoms. The Balaban J connectivity index is 0.000000248. The highest BCUT2D eigenvalue weighted by atomic mass is 35.5. The van der Waals surface area contributed by atoms with Crippen molar-refractivity contribution < 1.29 is 26.7 Å². The molecule has 1 aliphatic heterocycles. The van der Waals surface area contributed by atoms with Gasteiger partial charge in [-0.15, -0.1) is 0 Å². The molecule has 6 rings (SSSR count). The number of rotatable bonds is 4. The van der Waals surface area contributed by atoms with Crippen molar-refractivity contribution in [2.45, 2.75) is 45.1 Å². The lowest BCUT2D eigenvalue weighted by molar-refractivity contribution is -0.675. The third-order valence-electron chi connectivity index (χ3n) is 6.83. The zero-order chi connectivity index (χ0) is 28.6. The van der Waals surface area contributed by atoms with E-state index >= 15 is 0 Å². The fourth-order valence-electron chi connectivity index (χ4n) is 4.88. The standard InChI is InChI=1S/C23H21Cl2N2O2.C7H8O3S/c1-3-26-18-12-16(24)7-9-20(18)28-22(26)14-5-6-15(11-14)23-27(4-2)19-13-17(25)8-10-21(19)29-23;1-6-2-4-7(5-3-6)11(8,9)10/h7-13H,3-6H2,1-2H3;2-5H,1H3,(H,8,9,10)/q+1;/p-1. The van der Waals surface area contributed by atoms with Gasteiger partial charge in [-0.25, -0.2) is 8.42 Å². The summed E-state index contributed by atoms with van der Waals surface area (Å²) in [6.07, 6.45) is 4.02. The van der Waals surface area contributed by atoms with Gasteiger partial charge in [0.1, 0.15) is 16.7 Å². The largest absolute Gasteiger partial charge is 0.744 e. The Morgan fingerprint density at radius 1 is 0.975 bits per heavy atom. The van der Waals surface area contributed by atoms with E-state index in [1.165, 1.54) is 23.3 Å². The van der Waals surface area contributed by atoms with E-state index in [2.05, 4.69) is 29.4 Å². The number of aryl methyl sites for hydroxylation is 2. The fourth-order valence-corrected chi connectivity index (χ4v) is 5.69. The molecule has 0 unspecified atom stereocenters. The Morgan fingerprint density at radius 3 is 2.35 bits per heavy atom. The second-order valence-electron chi connectivity index (χ2n) is 9.49. The number of aromatic nitrogens is 1. The Hall–Kier alpha value is -3.30. The summed E-state index contributed by atoms with van der Waals surface area (Å²) in [5.74, 6) is 2.63. The highest BCUT2D eigenvalue weighted by Gasteiger charge is 2.33. The van der Waals surface area contributed by atoms with Gasteiger partial charge in [-0.1, -0.05) is 40.9 Å². The van der Waals surface area contributed by atoms with Gasteiger partial charge < -0.3 is 18.6 Å². The van der Waals surface area contributed by atoms with Crippen LogP contribution < -0.4 is 14.2 Å². The highest BCUT2D eigenvalue weighted by Crippen LogP contribution is 2.44. The smallest absolute Gasteiger partial charge is 0.377 e. The first-order valence-electron chi connectivity index (χ1n) is 12.9. The lowest BCUT2D eigenvalue weighted by Gasteiger charge is -2.17. The van der Waals surface area contributed by atoms with Crippen LogP contribution in [0.25, 0.3) is 16.7 Å². The molecular weight excluding hydrogens is 571 g/mol. The van der Waals surface area contributed by atoms with E-state index in [9.17, 15) is 13.0 Å². The highest BCUT2D eigenvalue weighted by molar-refractivity contribution is 7.85. The minimum Gasteiger partial charge on any atom is -0.744 e. The van der Waals surface area contributed by atoms with Crippen LogP contribution in [-0.4, -0.2) is 19.5 Å². The number of anilines is 1. The van der Waals surface area contributed by atoms with Crippen molar-refractivity contribution in [3.8, 4) is 5.75 Å². The van der Waals surface area contributed by atoms with Crippen molar-refractivity contribution in [2.75, 3.05) is 11.4 Å². The molecule has 0 saturated carbocycles. The maximum atomic E-state index is 10.4. The van der Waals surface area contributed by atoms with Crippen molar-refractivity contribution in [3.05, 3.63) is 99.7 Å². The molecule has 208 valence electrons. The number of nitrogens with zero attached hydrogens (tertiary/aromatic N) is 2. The molecule has 0 saturated heterocycles. The summed E-state index contributed by atoms with van der Waals surface area (Å²) in [4.78, 5) is 2.01. The van der Waals surface area contributed by atoms with Crippen LogP contribution in [0.3, 0.4) is 0 Å². The van der Waals surface area contributed by atoms with Crippen LogP contribution in [0.2, 0.25) is 10.0 Å². The van der Waals surface area contributed by atoms with E-state index in [-0.39, 0.29) is 4.90 Å². The second-order valence-corrected chi connectivity index (χ2v) is 11.7. The van der Waals surface area contributed by atoms with Crippen molar-refractivity contribution >= 4 is 55.7 Å². The normalized spacial score (nSPS) is 16.4. The molecule has 0 atom stereocenters. The first-order valence-corrected chi connectivity index (χ1v) is 15.1. The minimum absolute atomic E-state index is 0.178. The average Bonchev–Trinajstić information content (AvgIpc) is 3.63. The molecular formula is C30H28Cl2N2O5S. The summed E-state index contributed by atoms with van der Waals surface area (Å²) < 4.78 is 45.8. The van der Waals surface area contributed by atoms with E-state index in [1.807, 2.05) is 43.3 Å². The Kier molecular flexibility index (Phi) is 7.97. The van der Waals surface area contributed by atoms with Gasteiger partial charge in [-0.3, -0.25) is 0 Å². The number of ether oxygens (including phenoxy) is 1. The molecule has 1 aliphatic carbocycles. The van der Waals surface area contributed by atoms with Gasteiger partial charge in [0.05, 0.1) is 16.2 Å². The van der Waals surface area contributed by atoms with Crippen LogP contribution in [0, 0.1) is 6.92 Å². The van der Waals surface area contributed by atoms with Crippen molar-refractivity contribution in [1.82, 2.24) is 0 Å². The predicted molar refractivity (Wildman–Crippen MR) is 156 cm³/mol. The number of allylic oxidation sites excluding steroid dienone is 3. The minimum atomic E-state index is -4.27. The van der Waals surface area contributed by atoms with Gasteiger partial charge in [0, 0.05) is 28.2 Å². The summed E-state index contributed by atoms with van der Waals surface area (Å²) in [6, 6.07) is 17.3. The maximum absolute atomic E-state index is 10.4. The fraction of sp³-hybridized carbons (Fsp3) is 0.233. The number of fused-ring (bicyclic) bond motifs is 2. The topological polar surface area (TPSA) is 86.7 Å². The molecule has 0 bridgehead atoms. The van der Waals surface area contributed by atoms with E-state index in [0.717, 1.165) is 65.8 Å². The van der Waals surface area contributed by atoms with Crippen LogP contribution in [-0.2, 0) is 16.7 Å². The molecule has 1 aromatic heterocycles. The molecule has 0 spiro atoms. The number of hydrogen-bond donors (Lipinski definition) is 0. The van der Waals surface area contributed by atoms with Crippen molar-refractivity contribution in [1.29, 1.82) is 0 Å². The molecule has 0 fully saturated rings. The van der Waals surface area contributed by atoms with E-state index in [0.29, 0.717) is 10.0 Å². The number of hydrogen-bond acceptors (Lipinski definition) is 6. The van der Waals surface area contributed by atoms with Crippen LogP contribution in [0.5, 0.6) is 5.75 Å². The quantitative estimate of drug-likeness (QED) is 0.181. The van der Waals surface area contributed by atoms with Crippen molar-refractivity contribution in [3.63, 3.8) is 0 Å². The summed E-state index contributed by atoms with van der Waals surface area (Å²) in [5.41, 5.74) is 6.17. The summed E-state index contributed by atoms with van der Waals surface area (Å²) in [5, 5.41) is 1.43. The molecule has 2 heterocycles. The summed E-state index contributed by atoms with van der Waals surface area (Å²) in [7, 11) is -4.27. The monoisotopic (exact) mass is 598 g/mol. The average molecular weight is 600 g/mol. The van der Waals surface area contributed by atoms with Gasteiger partial charge in [0.15, 0.2) is 5.75 Å². The lowest BCUT2D eigenvalue weighted by atomic mass is 10.2. The van der Waals surface area contributed by atoms with Gasteiger partial charge in [-0.2, -0.15) is 4.57 Å². The molecule has 4 aromatic rings. The van der Waals surface area contributed by atoms with Crippen LogP contribution in [0.15, 0.2) is 87.5 Å². The molecule has 0 N–H and O–H groups in total. The number of benzene rings is 3. The van der Waals surface area contributed by atoms with Gasteiger partial charge >= 0.3 is 5.89 Å². The van der Waals surface area contributed by atoms with Gasteiger partial charge in [0.2, 0.25) is 11.5 Å². The van der Waals surface area contributed by atoms with Gasteiger partial charge in [-0.05, 0) is 82.2 Å². The molecule has 7 nitrogen and oxygen atoms in total. The summed E-state index contributed by atoms with van der Waals surface area (Å²) in [6.45, 7) is 7.68. The SMILES string of the molecule is CCN1/C(=C2/C=C(c3oc4ccc(Cl)cc4[n+]3CC)CC2)Oc2ccc(Cl)cc21.Cc1ccc(S(=O)(=O)[O-])cc1. The first-order chi connectivity index (χ1) is 19.1. The van der Waals surface area contributed by atoms with Crippen molar-refractivity contribution in [2.24, 2.45) is 0 Å². The lowest BCUT2D eigenvalue weighted by Crippen LogP contribution is -2.34. The Bertz CT molecular complexity index is 1760. The summed E-state index contributed by atoms with van der Waals surface area (Å²) >= 11 is 12.4. The number of halogens is 2. The predicted octanol–water partition coefficient (Wildman–Crippen LogP) is 7.25. The third-order valence-corrected chi connectivity index (χ3v) is 8.15.